The van der Waals surface area contributed by atoms with Gasteiger partial charge in [-0.15, -0.1) is 0 Å². The van der Waals surface area contributed by atoms with Crippen molar-refractivity contribution in [3.8, 4) is 5.75 Å². The Kier molecular flexibility index (Phi) is 3.98. The van der Waals surface area contributed by atoms with Gasteiger partial charge in [-0.1, -0.05) is 12.1 Å². The molecule has 1 amide bonds. The average molecular weight is 404 g/mol. The largest absolute Gasteiger partial charge is 0.508 e. The van der Waals surface area contributed by atoms with Gasteiger partial charge in [-0.05, 0) is 77.6 Å². The summed E-state index contributed by atoms with van der Waals surface area (Å²) in [7, 11) is 0. The molecule has 1 N–H and O–H groups in total. The molecule has 0 aliphatic carbocycles. The van der Waals surface area contributed by atoms with Crippen molar-refractivity contribution in [2.75, 3.05) is 5.01 Å². The molecule has 0 atom stereocenters. The highest BCUT2D eigenvalue weighted by molar-refractivity contribution is 14.1. The molecular weight excluding hydrogens is 391 g/mol. The normalized spacial score (nSPS) is 16.3. The van der Waals surface area contributed by atoms with E-state index in [9.17, 15) is 9.90 Å². The van der Waals surface area contributed by atoms with Gasteiger partial charge in [0.1, 0.15) is 5.75 Å². The lowest BCUT2D eigenvalue weighted by molar-refractivity contribution is -0.114. The summed E-state index contributed by atoms with van der Waals surface area (Å²) in [5.41, 5.74) is 2.70. The predicted molar refractivity (Wildman–Crippen MR) is 95.8 cm³/mol. The minimum absolute atomic E-state index is 0.165. The number of hydrazone groups is 1. The van der Waals surface area contributed by atoms with Gasteiger partial charge in [-0.2, -0.15) is 10.1 Å². The van der Waals surface area contributed by atoms with Crippen molar-refractivity contribution >= 4 is 46.0 Å². The third-order valence-electron chi connectivity index (χ3n) is 3.31. The monoisotopic (exact) mass is 404 g/mol. The van der Waals surface area contributed by atoms with Crippen LogP contribution in [0.2, 0.25) is 0 Å². The third-order valence-corrected chi connectivity index (χ3v) is 4.03. The number of halogens is 1. The molecule has 1 heterocycles. The quantitative estimate of drug-likeness (QED) is 0.612. The van der Waals surface area contributed by atoms with Crippen LogP contribution in [0.25, 0.3) is 6.08 Å². The lowest BCUT2D eigenvalue weighted by Gasteiger charge is -2.11. The SMILES string of the molecule is CC1=NN(c2ccc(I)cc2)C(=O)/C1=C/c1cccc(O)c1. The molecule has 0 unspecified atom stereocenters. The Bertz CT molecular complexity index is 795. The number of rotatable bonds is 2. The molecule has 0 fully saturated rings. The number of benzene rings is 2. The minimum Gasteiger partial charge on any atom is -0.508 e. The van der Waals surface area contributed by atoms with E-state index in [0.717, 1.165) is 14.8 Å². The van der Waals surface area contributed by atoms with Crippen molar-refractivity contribution in [1.29, 1.82) is 0 Å². The standard InChI is InChI=1S/C17H13IN2O2/c1-11-16(10-12-3-2-4-15(21)9-12)17(22)20(19-11)14-7-5-13(18)6-8-14/h2-10,21H,1H3/b16-10+. The van der Waals surface area contributed by atoms with Crippen molar-refractivity contribution in [1.82, 2.24) is 0 Å². The van der Waals surface area contributed by atoms with Crippen LogP contribution in [0.5, 0.6) is 5.75 Å². The van der Waals surface area contributed by atoms with Gasteiger partial charge in [-0.3, -0.25) is 4.79 Å². The highest BCUT2D eigenvalue weighted by Gasteiger charge is 2.28. The third kappa shape index (κ3) is 2.89. The molecule has 3 rings (SSSR count). The van der Waals surface area contributed by atoms with Gasteiger partial charge in [0.05, 0.1) is 17.0 Å². The topological polar surface area (TPSA) is 52.9 Å². The van der Waals surface area contributed by atoms with Crippen LogP contribution in [0.15, 0.2) is 59.2 Å². The van der Waals surface area contributed by atoms with E-state index < -0.39 is 0 Å². The number of phenols is 1. The van der Waals surface area contributed by atoms with E-state index in [1.807, 2.05) is 30.3 Å². The van der Waals surface area contributed by atoms with Gasteiger partial charge in [-0.25, -0.2) is 0 Å². The lowest BCUT2D eigenvalue weighted by atomic mass is 10.1. The number of carbonyl (C=O) groups excluding carboxylic acids is 1. The number of hydrogen-bond donors (Lipinski definition) is 1. The van der Waals surface area contributed by atoms with Crippen LogP contribution < -0.4 is 5.01 Å². The van der Waals surface area contributed by atoms with Gasteiger partial charge in [0.2, 0.25) is 0 Å². The van der Waals surface area contributed by atoms with E-state index in [2.05, 4.69) is 27.7 Å². The summed E-state index contributed by atoms with van der Waals surface area (Å²) in [6.45, 7) is 1.80. The van der Waals surface area contributed by atoms with Crippen molar-refractivity contribution in [3.05, 3.63) is 63.2 Å². The Morgan fingerprint density at radius 3 is 2.59 bits per heavy atom. The number of phenolic OH excluding ortho intramolecular Hbond substituents is 1. The number of hydrogen-bond acceptors (Lipinski definition) is 3. The van der Waals surface area contributed by atoms with E-state index in [-0.39, 0.29) is 11.7 Å². The maximum Gasteiger partial charge on any atom is 0.280 e. The van der Waals surface area contributed by atoms with Gasteiger partial charge >= 0.3 is 0 Å². The Labute approximate surface area is 141 Å². The summed E-state index contributed by atoms with van der Waals surface area (Å²) < 4.78 is 1.10. The van der Waals surface area contributed by atoms with Crippen molar-refractivity contribution < 1.29 is 9.90 Å². The number of carbonyl (C=O) groups is 1. The summed E-state index contributed by atoms with van der Waals surface area (Å²) in [5, 5.41) is 15.3. The molecule has 0 spiro atoms. The second kappa shape index (κ2) is 5.92. The molecular formula is C17H13IN2O2. The predicted octanol–water partition coefficient (Wildman–Crippen LogP) is 3.80. The van der Waals surface area contributed by atoms with Crippen LogP contribution in [0.1, 0.15) is 12.5 Å². The molecule has 22 heavy (non-hydrogen) atoms. The molecule has 0 saturated carbocycles. The molecule has 4 nitrogen and oxygen atoms in total. The molecule has 1 aliphatic heterocycles. The summed E-state index contributed by atoms with van der Waals surface area (Å²) in [5.74, 6) is 0.00549. The molecule has 1 aliphatic rings. The Hall–Kier alpha value is -2.15. The van der Waals surface area contributed by atoms with Crippen LogP contribution in [0, 0.1) is 3.57 Å². The zero-order valence-corrected chi connectivity index (χ0v) is 14.0. The van der Waals surface area contributed by atoms with E-state index in [1.54, 1.807) is 31.2 Å². The smallest absolute Gasteiger partial charge is 0.280 e. The van der Waals surface area contributed by atoms with E-state index in [1.165, 1.54) is 5.01 Å². The van der Waals surface area contributed by atoms with Crippen molar-refractivity contribution in [2.24, 2.45) is 5.10 Å². The zero-order valence-electron chi connectivity index (χ0n) is 11.8. The molecule has 2 aromatic rings. The van der Waals surface area contributed by atoms with Crippen molar-refractivity contribution in [3.63, 3.8) is 0 Å². The molecule has 0 radical (unpaired) electrons. The lowest BCUT2D eigenvalue weighted by Crippen LogP contribution is -2.21. The van der Waals surface area contributed by atoms with E-state index in [4.69, 9.17) is 0 Å². The van der Waals surface area contributed by atoms with Gasteiger partial charge < -0.3 is 5.11 Å². The maximum absolute atomic E-state index is 12.6. The van der Waals surface area contributed by atoms with Gasteiger partial charge in [0.15, 0.2) is 0 Å². The van der Waals surface area contributed by atoms with Gasteiger partial charge in [0.25, 0.3) is 5.91 Å². The summed E-state index contributed by atoms with van der Waals surface area (Å²) in [6.07, 6.45) is 1.74. The fourth-order valence-electron chi connectivity index (χ4n) is 2.22. The van der Waals surface area contributed by atoms with Crippen LogP contribution in [-0.2, 0) is 4.79 Å². The summed E-state index contributed by atoms with van der Waals surface area (Å²) >= 11 is 2.22. The first-order valence-corrected chi connectivity index (χ1v) is 7.79. The Balaban J connectivity index is 1.94. The molecule has 2 aromatic carbocycles. The minimum atomic E-state index is -0.165. The van der Waals surface area contributed by atoms with Crippen LogP contribution in [0.4, 0.5) is 5.69 Å². The van der Waals surface area contributed by atoms with E-state index >= 15 is 0 Å². The first-order chi connectivity index (χ1) is 10.5. The maximum atomic E-state index is 12.6. The molecule has 0 aromatic heterocycles. The highest BCUT2D eigenvalue weighted by Crippen LogP contribution is 2.26. The Morgan fingerprint density at radius 1 is 1.18 bits per heavy atom. The highest BCUT2D eigenvalue weighted by atomic mass is 127. The number of amides is 1. The molecule has 5 heteroatoms. The number of nitrogens with zero attached hydrogens (tertiary/aromatic N) is 2. The van der Waals surface area contributed by atoms with Crippen LogP contribution in [-0.4, -0.2) is 16.7 Å². The van der Waals surface area contributed by atoms with Gasteiger partial charge in [0, 0.05) is 3.57 Å². The van der Waals surface area contributed by atoms with Crippen molar-refractivity contribution in [2.45, 2.75) is 6.92 Å². The first kappa shape index (κ1) is 14.8. The second-order valence-electron chi connectivity index (χ2n) is 4.93. The van der Waals surface area contributed by atoms with E-state index in [0.29, 0.717) is 11.3 Å². The Morgan fingerprint density at radius 2 is 1.91 bits per heavy atom. The number of aromatic hydroxyl groups is 1. The zero-order chi connectivity index (χ0) is 15.7. The van der Waals surface area contributed by atoms with Crippen LogP contribution in [0.3, 0.4) is 0 Å². The fraction of sp³-hybridized carbons (Fsp3) is 0.0588. The summed E-state index contributed by atoms with van der Waals surface area (Å²) in [6, 6.07) is 14.4. The molecule has 110 valence electrons. The average Bonchev–Trinajstić information content (AvgIpc) is 2.76. The second-order valence-corrected chi connectivity index (χ2v) is 6.18. The fourth-order valence-corrected chi connectivity index (χ4v) is 2.58. The molecule has 0 bridgehead atoms. The first-order valence-electron chi connectivity index (χ1n) is 6.71. The number of anilines is 1. The molecule has 0 saturated heterocycles. The van der Waals surface area contributed by atoms with Crippen LogP contribution >= 0.6 is 22.6 Å². The summed E-state index contributed by atoms with van der Waals surface area (Å²) in [4.78, 5) is 12.6.